The lowest BCUT2D eigenvalue weighted by atomic mass is 9.63. The first-order valence-electron chi connectivity index (χ1n) is 9.39. The van der Waals surface area contributed by atoms with Crippen molar-refractivity contribution in [2.45, 2.75) is 32.8 Å². The summed E-state index contributed by atoms with van der Waals surface area (Å²) < 4.78 is 11.4. The fourth-order valence-electron chi connectivity index (χ4n) is 4.32. The third-order valence-corrected chi connectivity index (χ3v) is 5.73. The number of aryl methyl sites for hydroxylation is 1. The second-order valence-electron chi connectivity index (χ2n) is 7.55. The van der Waals surface area contributed by atoms with Crippen LogP contribution < -0.4 is 10.1 Å². The molecule has 29 heavy (non-hydrogen) atoms. The highest BCUT2D eigenvalue weighted by atomic mass is 16.5. The summed E-state index contributed by atoms with van der Waals surface area (Å²) in [5, 5.41) is 13.4. The van der Waals surface area contributed by atoms with Gasteiger partial charge in [0, 0.05) is 49.2 Å². The molecule has 3 atom stereocenters. The smallest absolute Gasteiger partial charge is 0.333 e. The summed E-state index contributed by atoms with van der Waals surface area (Å²) in [4.78, 5) is 20.9. The molecule has 0 amide bonds. The van der Waals surface area contributed by atoms with Gasteiger partial charge in [0.25, 0.3) is 0 Å². The number of fused-ring (bicyclic) bond motifs is 1. The molecule has 0 radical (unpaired) electrons. The third kappa shape index (κ3) is 3.35. The summed E-state index contributed by atoms with van der Waals surface area (Å²) in [6.45, 7) is 5.73. The fourth-order valence-corrected chi connectivity index (χ4v) is 4.32. The van der Waals surface area contributed by atoms with E-state index in [4.69, 9.17) is 9.47 Å². The van der Waals surface area contributed by atoms with Crippen molar-refractivity contribution in [2.75, 3.05) is 26.6 Å². The number of nitrogens with zero attached hydrogens (tertiary/aromatic N) is 2. The number of ether oxygens (including phenoxy) is 2. The molecule has 7 heteroatoms. The monoisotopic (exact) mass is 397 g/mol. The lowest BCUT2D eigenvalue weighted by molar-refractivity contribution is -0.133. The van der Waals surface area contributed by atoms with Gasteiger partial charge in [-0.15, -0.1) is 0 Å². The summed E-state index contributed by atoms with van der Waals surface area (Å²) >= 11 is 0. The number of nitrogens with one attached hydrogen (secondary N) is 1. The number of hydrogen-bond donors (Lipinski definition) is 2. The van der Waals surface area contributed by atoms with E-state index in [-0.39, 0.29) is 11.7 Å². The third-order valence-electron chi connectivity index (χ3n) is 5.73. The van der Waals surface area contributed by atoms with Crippen LogP contribution in [0, 0.1) is 12.3 Å². The molecule has 2 N–H and O–H groups in total. The predicted octanol–water partition coefficient (Wildman–Crippen LogP) is 3.48. The second-order valence-corrected chi connectivity index (χ2v) is 7.55. The van der Waals surface area contributed by atoms with Crippen molar-refractivity contribution >= 4 is 17.9 Å². The first kappa shape index (κ1) is 20.8. The van der Waals surface area contributed by atoms with Crippen molar-refractivity contribution < 1.29 is 19.4 Å². The number of aromatic nitrogens is 1. The largest absolute Gasteiger partial charge is 0.481 e. The Morgan fingerprint density at radius 2 is 2.10 bits per heavy atom. The van der Waals surface area contributed by atoms with Crippen molar-refractivity contribution in [3.63, 3.8) is 0 Å². The van der Waals surface area contributed by atoms with Crippen LogP contribution >= 0.6 is 0 Å². The zero-order chi connectivity index (χ0) is 21.3. The molecule has 1 aliphatic heterocycles. The van der Waals surface area contributed by atoms with Crippen molar-refractivity contribution in [1.82, 2.24) is 4.98 Å². The van der Waals surface area contributed by atoms with Crippen LogP contribution in [0.4, 0.5) is 5.69 Å². The molecule has 0 fully saturated rings. The first-order valence-corrected chi connectivity index (χ1v) is 9.39. The van der Waals surface area contributed by atoms with Gasteiger partial charge in [-0.3, -0.25) is 4.99 Å². The molecular formula is C22H27N3O4. The van der Waals surface area contributed by atoms with Crippen molar-refractivity contribution in [1.29, 1.82) is 0 Å². The normalized spacial score (nSPS) is 26.2. The van der Waals surface area contributed by atoms with Gasteiger partial charge in [-0.2, -0.15) is 0 Å². The molecule has 154 valence electrons. The highest BCUT2D eigenvalue weighted by Gasteiger charge is 2.49. The maximum absolute atomic E-state index is 12.4. The van der Waals surface area contributed by atoms with Crippen LogP contribution in [0.2, 0.25) is 0 Å². The molecule has 2 heterocycles. The van der Waals surface area contributed by atoms with Gasteiger partial charge in [0.1, 0.15) is 0 Å². The number of aliphatic carboxylic acids is 1. The molecule has 1 aromatic rings. The van der Waals surface area contributed by atoms with Gasteiger partial charge < -0.3 is 19.9 Å². The predicted molar refractivity (Wildman–Crippen MR) is 113 cm³/mol. The van der Waals surface area contributed by atoms with E-state index in [2.05, 4.69) is 15.3 Å². The van der Waals surface area contributed by atoms with E-state index in [0.717, 1.165) is 22.4 Å². The van der Waals surface area contributed by atoms with Crippen molar-refractivity contribution in [3.05, 3.63) is 52.4 Å². The van der Waals surface area contributed by atoms with Gasteiger partial charge in [-0.05, 0) is 31.1 Å². The fraction of sp³-hybridized carbons (Fsp3) is 0.409. The van der Waals surface area contributed by atoms with E-state index in [1.807, 2.05) is 32.1 Å². The Morgan fingerprint density at radius 1 is 1.38 bits per heavy atom. The number of aliphatic imine (C=N–C) groups is 1. The van der Waals surface area contributed by atoms with Crippen LogP contribution in [0.5, 0.6) is 5.88 Å². The standard InChI is InChI=1S/C22H27N3O4/c1-12-10-24-20(29-6)17-18(16(21(26)27)13(2)25-19(12)17)22(3)8-7-14(11-23-4)9-15(22)28-5/h7-11,15,18,25H,1-6H3,(H,26,27)/b23-11+. The average Bonchev–Trinajstić information content (AvgIpc) is 2.69. The van der Waals surface area contributed by atoms with E-state index >= 15 is 0 Å². The summed E-state index contributed by atoms with van der Waals surface area (Å²) in [5.74, 6) is -1.11. The van der Waals surface area contributed by atoms with Crippen LogP contribution in [0.3, 0.4) is 0 Å². The highest BCUT2D eigenvalue weighted by Crippen LogP contribution is 2.55. The van der Waals surface area contributed by atoms with Gasteiger partial charge in [-0.1, -0.05) is 19.1 Å². The van der Waals surface area contributed by atoms with E-state index in [1.165, 1.54) is 0 Å². The zero-order valence-corrected chi connectivity index (χ0v) is 17.6. The molecule has 0 saturated heterocycles. The van der Waals surface area contributed by atoms with Crippen LogP contribution in [0.15, 0.2) is 46.3 Å². The number of hydrogen-bond acceptors (Lipinski definition) is 6. The van der Waals surface area contributed by atoms with Crippen LogP contribution in [0.25, 0.3) is 0 Å². The van der Waals surface area contributed by atoms with Crippen LogP contribution in [-0.2, 0) is 9.53 Å². The van der Waals surface area contributed by atoms with Crippen molar-refractivity contribution in [3.8, 4) is 5.88 Å². The van der Waals surface area contributed by atoms with Gasteiger partial charge in [0.05, 0.1) is 24.5 Å². The Hall–Kier alpha value is -2.93. The Labute approximate surface area is 170 Å². The summed E-state index contributed by atoms with van der Waals surface area (Å²) in [6.07, 6.45) is 9.04. The molecule has 0 aromatic carbocycles. The number of carbonyl (C=O) groups is 1. The minimum atomic E-state index is -0.983. The SMILES string of the molecule is C/N=C/C1=CC(OC)C(C)(C2C(C(=O)O)=C(C)Nc3c(C)cnc(OC)c32)C=C1. The van der Waals surface area contributed by atoms with Crippen LogP contribution in [0.1, 0.15) is 30.9 Å². The Morgan fingerprint density at radius 3 is 2.69 bits per heavy atom. The number of rotatable bonds is 5. The van der Waals surface area contributed by atoms with Crippen molar-refractivity contribution in [2.24, 2.45) is 10.4 Å². The Kier molecular flexibility index (Phi) is 5.61. The summed E-state index contributed by atoms with van der Waals surface area (Å²) in [5.41, 5.74) is 3.58. The van der Waals surface area contributed by atoms with Gasteiger partial charge in [0.15, 0.2) is 0 Å². The molecule has 1 aromatic heterocycles. The van der Waals surface area contributed by atoms with E-state index < -0.39 is 17.3 Å². The van der Waals surface area contributed by atoms with Gasteiger partial charge in [-0.25, -0.2) is 9.78 Å². The maximum atomic E-state index is 12.4. The van der Waals surface area contributed by atoms with E-state index in [1.54, 1.807) is 40.6 Å². The molecule has 1 aliphatic carbocycles. The molecule has 0 bridgehead atoms. The number of anilines is 1. The minimum Gasteiger partial charge on any atom is -0.481 e. The molecule has 0 spiro atoms. The summed E-state index contributed by atoms with van der Waals surface area (Å²) in [7, 11) is 4.88. The second kappa shape index (κ2) is 7.83. The van der Waals surface area contributed by atoms with Gasteiger partial charge in [0.2, 0.25) is 5.88 Å². The quantitative estimate of drug-likeness (QED) is 0.739. The van der Waals surface area contributed by atoms with Crippen LogP contribution in [-0.4, -0.2) is 49.6 Å². The first-order chi connectivity index (χ1) is 13.8. The molecular weight excluding hydrogens is 370 g/mol. The Bertz CT molecular complexity index is 961. The molecule has 3 rings (SSSR count). The number of allylic oxidation sites excluding steroid dienone is 3. The highest BCUT2D eigenvalue weighted by molar-refractivity contribution is 5.93. The maximum Gasteiger partial charge on any atom is 0.333 e. The zero-order valence-electron chi connectivity index (χ0n) is 17.6. The number of methoxy groups -OCH3 is 2. The molecule has 2 aliphatic rings. The number of pyridine rings is 1. The van der Waals surface area contributed by atoms with Gasteiger partial charge >= 0.3 is 5.97 Å². The number of carboxylic acid groups (broad SMARTS) is 1. The number of carboxylic acids is 1. The lowest BCUT2D eigenvalue weighted by Gasteiger charge is -2.45. The Balaban J connectivity index is 2.30. The molecule has 0 saturated carbocycles. The average molecular weight is 397 g/mol. The molecule has 7 nitrogen and oxygen atoms in total. The van der Waals surface area contributed by atoms with E-state index in [0.29, 0.717) is 11.6 Å². The minimum absolute atomic E-state index is 0.276. The van der Waals surface area contributed by atoms with E-state index in [9.17, 15) is 9.90 Å². The summed E-state index contributed by atoms with van der Waals surface area (Å²) in [6, 6.07) is 0. The lowest BCUT2D eigenvalue weighted by Crippen LogP contribution is -2.42. The topological polar surface area (TPSA) is 93.0 Å². The molecule has 3 unspecified atom stereocenters.